The van der Waals surface area contributed by atoms with Gasteiger partial charge < -0.3 is 9.64 Å². The van der Waals surface area contributed by atoms with E-state index in [1.54, 1.807) is 34.1 Å². The smallest absolute Gasteiger partial charge is 0.338 e. The van der Waals surface area contributed by atoms with Crippen LogP contribution in [0.25, 0.3) is 5.69 Å². The summed E-state index contributed by atoms with van der Waals surface area (Å²) in [4.78, 5) is 26.9. The first-order valence-electron chi connectivity index (χ1n) is 8.81. The Bertz CT molecular complexity index is 995. The summed E-state index contributed by atoms with van der Waals surface area (Å²) in [6, 6.07) is 15.0. The van der Waals surface area contributed by atoms with Gasteiger partial charge in [0.15, 0.2) is 0 Å². The molecule has 6 nitrogen and oxygen atoms in total. The molecule has 0 spiro atoms. The lowest BCUT2D eigenvalue weighted by Crippen LogP contribution is -2.36. The fraction of sp³-hybridized carbons (Fsp3) is 0.190. The summed E-state index contributed by atoms with van der Waals surface area (Å²) in [5.41, 5.74) is 3.55. The van der Waals surface area contributed by atoms with Crippen LogP contribution in [0.1, 0.15) is 32.7 Å². The Kier molecular flexibility index (Phi) is 4.46. The zero-order chi connectivity index (χ0) is 18.8. The molecule has 0 bridgehead atoms. The van der Waals surface area contributed by atoms with Gasteiger partial charge in [0.1, 0.15) is 0 Å². The number of benzene rings is 2. The number of carbonyl (C=O) groups is 2. The predicted molar refractivity (Wildman–Crippen MR) is 101 cm³/mol. The number of esters is 1. The molecule has 0 unspecified atom stereocenters. The average Bonchev–Trinajstić information content (AvgIpc) is 3.22. The van der Waals surface area contributed by atoms with Gasteiger partial charge in [0.2, 0.25) is 0 Å². The third-order valence-corrected chi connectivity index (χ3v) is 4.75. The molecular formula is C21H19N3O3. The van der Waals surface area contributed by atoms with Crippen LogP contribution in [-0.4, -0.2) is 35.3 Å². The molecule has 1 amide bonds. The topological polar surface area (TPSA) is 64.4 Å². The van der Waals surface area contributed by atoms with Crippen LogP contribution in [-0.2, 0) is 11.2 Å². The van der Waals surface area contributed by atoms with Crippen molar-refractivity contribution < 1.29 is 14.3 Å². The summed E-state index contributed by atoms with van der Waals surface area (Å²) in [5.74, 6) is -0.502. The molecule has 136 valence electrons. The lowest BCUT2D eigenvalue weighted by atomic mass is 9.96. The molecule has 2 aromatic carbocycles. The number of fused-ring (bicyclic) bond motifs is 1. The second-order valence-corrected chi connectivity index (χ2v) is 6.36. The number of rotatable bonds is 3. The largest absolute Gasteiger partial charge is 0.465 e. The molecule has 0 saturated heterocycles. The fourth-order valence-electron chi connectivity index (χ4n) is 3.45. The van der Waals surface area contributed by atoms with E-state index in [2.05, 4.69) is 5.10 Å². The van der Waals surface area contributed by atoms with Crippen LogP contribution < -0.4 is 4.90 Å². The van der Waals surface area contributed by atoms with Crippen LogP contribution in [0.2, 0.25) is 0 Å². The molecule has 4 rings (SSSR count). The summed E-state index contributed by atoms with van der Waals surface area (Å²) in [6.45, 7) is 0.604. The third kappa shape index (κ3) is 3.10. The van der Waals surface area contributed by atoms with Crippen LogP contribution in [0.15, 0.2) is 60.9 Å². The summed E-state index contributed by atoms with van der Waals surface area (Å²) in [7, 11) is 1.37. The SMILES string of the molecule is COC(=O)c1cccc2c1CCCN2C(=O)c1cnn(-c2ccccc2)c1. The van der Waals surface area contributed by atoms with E-state index in [4.69, 9.17) is 4.74 Å². The Hall–Kier alpha value is -3.41. The van der Waals surface area contributed by atoms with Crippen molar-refractivity contribution in [3.05, 3.63) is 77.6 Å². The van der Waals surface area contributed by atoms with Gasteiger partial charge in [0.05, 0.1) is 30.1 Å². The number of anilines is 1. The minimum absolute atomic E-state index is 0.125. The zero-order valence-corrected chi connectivity index (χ0v) is 15.0. The van der Waals surface area contributed by atoms with Crippen molar-refractivity contribution in [3.63, 3.8) is 0 Å². The molecule has 0 atom stereocenters. The van der Waals surface area contributed by atoms with Crippen molar-refractivity contribution in [2.45, 2.75) is 12.8 Å². The second-order valence-electron chi connectivity index (χ2n) is 6.36. The molecule has 1 aliphatic rings. The standard InChI is InChI=1S/C21H19N3O3/c1-27-21(26)18-9-5-11-19-17(18)10-6-12-23(19)20(25)15-13-22-24(14-15)16-7-3-2-4-8-16/h2-5,7-9,11,13-14H,6,10,12H2,1H3. The van der Waals surface area contributed by atoms with E-state index < -0.39 is 0 Å². The van der Waals surface area contributed by atoms with Gasteiger partial charge in [-0.1, -0.05) is 24.3 Å². The van der Waals surface area contributed by atoms with E-state index >= 15 is 0 Å². The minimum Gasteiger partial charge on any atom is -0.465 e. The van der Waals surface area contributed by atoms with Crippen LogP contribution in [0.4, 0.5) is 5.69 Å². The monoisotopic (exact) mass is 361 g/mol. The van der Waals surface area contributed by atoms with Gasteiger partial charge in [-0.3, -0.25) is 4.79 Å². The molecule has 0 radical (unpaired) electrons. The first kappa shape index (κ1) is 17.0. The molecule has 3 aromatic rings. The zero-order valence-electron chi connectivity index (χ0n) is 15.0. The van der Waals surface area contributed by atoms with E-state index in [0.717, 1.165) is 29.8 Å². The van der Waals surface area contributed by atoms with Crippen LogP contribution in [0, 0.1) is 0 Å². The number of ether oxygens (including phenoxy) is 1. The Balaban J connectivity index is 1.67. The fourth-order valence-corrected chi connectivity index (χ4v) is 3.45. The van der Waals surface area contributed by atoms with E-state index in [9.17, 15) is 9.59 Å². The molecule has 0 saturated carbocycles. The van der Waals surface area contributed by atoms with Gasteiger partial charge >= 0.3 is 5.97 Å². The van der Waals surface area contributed by atoms with E-state index in [0.29, 0.717) is 17.7 Å². The van der Waals surface area contributed by atoms with E-state index in [1.807, 2.05) is 36.4 Å². The first-order chi connectivity index (χ1) is 13.2. The van der Waals surface area contributed by atoms with Crippen molar-refractivity contribution in [3.8, 4) is 5.69 Å². The third-order valence-electron chi connectivity index (χ3n) is 4.75. The number of amides is 1. The maximum absolute atomic E-state index is 13.1. The molecule has 6 heteroatoms. The normalized spacial score (nSPS) is 13.1. The average molecular weight is 361 g/mol. The van der Waals surface area contributed by atoms with E-state index in [1.165, 1.54) is 7.11 Å². The van der Waals surface area contributed by atoms with Gasteiger partial charge in [-0.05, 0) is 42.7 Å². The van der Waals surface area contributed by atoms with Gasteiger partial charge in [0, 0.05) is 18.4 Å². The van der Waals surface area contributed by atoms with Crippen molar-refractivity contribution in [2.75, 3.05) is 18.6 Å². The summed E-state index contributed by atoms with van der Waals surface area (Å²) in [5, 5.41) is 4.31. The van der Waals surface area contributed by atoms with Crippen LogP contribution >= 0.6 is 0 Å². The molecule has 0 aliphatic carbocycles. The minimum atomic E-state index is -0.377. The summed E-state index contributed by atoms with van der Waals surface area (Å²) in [6.07, 6.45) is 4.84. The van der Waals surface area contributed by atoms with Crippen molar-refractivity contribution in [2.24, 2.45) is 0 Å². The highest BCUT2D eigenvalue weighted by atomic mass is 16.5. The van der Waals surface area contributed by atoms with Gasteiger partial charge in [0.25, 0.3) is 5.91 Å². The van der Waals surface area contributed by atoms with Gasteiger partial charge in [-0.25, -0.2) is 9.48 Å². The molecule has 1 aromatic heterocycles. The number of methoxy groups -OCH3 is 1. The molecule has 2 heterocycles. The van der Waals surface area contributed by atoms with Crippen LogP contribution in [0.5, 0.6) is 0 Å². The predicted octanol–water partition coefficient (Wildman–Crippen LogP) is 3.25. The Labute approximate surface area is 157 Å². The summed E-state index contributed by atoms with van der Waals surface area (Å²) < 4.78 is 6.56. The lowest BCUT2D eigenvalue weighted by molar-refractivity contribution is 0.0599. The number of para-hydroxylation sites is 1. The Morgan fingerprint density at radius 1 is 1.07 bits per heavy atom. The maximum atomic E-state index is 13.1. The lowest BCUT2D eigenvalue weighted by Gasteiger charge is -2.30. The van der Waals surface area contributed by atoms with Gasteiger partial charge in [-0.15, -0.1) is 0 Å². The Morgan fingerprint density at radius 3 is 2.67 bits per heavy atom. The number of carbonyl (C=O) groups excluding carboxylic acids is 2. The van der Waals surface area contributed by atoms with Gasteiger partial charge in [-0.2, -0.15) is 5.10 Å². The maximum Gasteiger partial charge on any atom is 0.338 e. The molecule has 0 N–H and O–H groups in total. The van der Waals surface area contributed by atoms with Crippen molar-refractivity contribution >= 4 is 17.6 Å². The number of nitrogens with zero attached hydrogens (tertiary/aromatic N) is 3. The highest BCUT2D eigenvalue weighted by Crippen LogP contribution is 2.31. The summed E-state index contributed by atoms with van der Waals surface area (Å²) >= 11 is 0. The number of hydrogen-bond donors (Lipinski definition) is 0. The molecule has 0 fully saturated rings. The van der Waals surface area contributed by atoms with E-state index in [-0.39, 0.29) is 11.9 Å². The van der Waals surface area contributed by atoms with Crippen molar-refractivity contribution in [1.29, 1.82) is 0 Å². The molecule has 1 aliphatic heterocycles. The first-order valence-corrected chi connectivity index (χ1v) is 8.81. The van der Waals surface area contributed by atoms with Crippen LogP contribution in [0.3, 0.4) is 0 Å². The molecular weight excluding hydrogens is 342 g/mol. The number of hydrogen-bond acceptors (Lipinski definition) is 4. The quantitative estimate of drug-likeness (QED) is 0.672. The number of aromatic nitrogens is 2. The highest BCUT2D eigenvalue weighted by Gasteiger charge is 2.27. The second kappa shape index (κ2) is 7.07. The highest BCUT2D eigenvalue weighted by molar-refractivity contribution is 6.07. The molecule has 27 heavy (non-hydrogen) atoms. The Morgan fingerprint density at radius 2 is 1.89 bits per heavy atom. The van der Waals surface area contributed by atoms with Crippen molar-refractivity contribution in [1.82, 2.24) is 9.78 Å².